The van der Waals surface area contributed by atoms with Gasteiger partial charge < -0.3 is 15.2 Å². The molecular weight excluding hydrogens is 364 g/mol. The van der Waals surface area contributed by atoms with E-state index in [9.17, 15) is 4.79 Å². The number of benzene rings is 1. The topological polar surface area (TPSA) is 85.2 Å². The number of carbonyl (C=O) groups excluding carboxylic acids is 1. The molecule has 1 fully saturated rings. The fourth-order valence-corrected chi connectivity index (χ4v) is 3.37. The highest BCUT2D eigenvalue weighted by molar-refractivity contribution is 5.95. The average molecular weight is 393 g/mol. The Labute approximate surface area is 166 Å². The summed E-state index contributed by atoms with van der Waals surface area (Å²) in [6.45, 7) is 7.66. The van der Waals surface area contributed by atoms with E-state index in [0.717, 1.165) is 31.4 Å². The number of hydrogen-bond donors (Lipinski definition) is 1. The van der Waals surface area contributed by atoms with Crippen LogP contribution in [-0.2, 0) is 6.42 Å². The van der Waals surface area contributed by atoms with Gasteiger partial charge in [-0.1, -0.05) is 38.1 Å². The largest absolute Gasteiger partial charge is 0.339 e. The van der Waals surface area contributed by atoms with E-state index in [2.05, 4.69) is 30.9 Å². The van der Waals surface area contributed by atoms with Crippen LogP contribution in [-0.4, -0.2) is 40.1 Å². The predicted molar refractivity (Wildman–Crippen MR) is 108 cm³/mol. The predicted octanol–water partition coefficient (Wildman–Crippen LogP) is 3.70. The summed E-state index contributed by atoms with van der Waals surface area (Å²) in [7, 11) is 0. The molecule has 2 aromatic rings. The molecule has 148 valence electrons. The smallest absolute Gasteiger partial charge is 0.254 e. The molecule has 0 aliphatic carbocycles. The zero-order valence-electron chi connectivity index (χ0n) is 16.3. The van der Waals surface area contributed by atoms with Crippen LogP contribution in [0.3, 0.4) is 0 Å². The molecule has 1 saturated heterocycles. The summed E-state index contributed by atoms with van der Waals surface area (Å²) >= 11 is 0. The van der Waals surface area contributed by atoms with Crippen molar-refractivity contribution in [2.24, 2.45) is 11.1 Å². The maximum absolute atomic E-state index is 13.0. The number of halogens is 1. The van der Waals surface area contributed by atoms with E-state index in [1.165, 1.54) is 0 Å². The minimum absolute atomic E-state index is 0. The Kier molecular flexibility index (Phi) is 7.00. The first-order valence-corrected chi connectivity index (χ1v) is 9.31. The van der Waals surface area contributed by atoms with Crippen LogP contribution < -0.4 is 5.73 Å². The molecule has 2 heterocycles. The average Bonchev–Trinajstić information content (AvgIpc) is 3.07. The van der Waals surface area contributed by atoms with Crippen molar-refractivity contribution >= 4 is 18.3 Å². The number of nitrogens with zero attached hydrogens (tertiary/aromatic N) is 3. The van der Waals surface area contributed by atoms with Crippen molar-refractivity contribution in [2.75, 3.05) is 13.1 Å². The number of rotatable bonds is 4. The summed E-state index contributed by atoms with van der Waals surface area (Å²) in [4.78, 5) is 19.3. The lowest BCUT2D eigenvalue weighted by Gasteiger charge is -2.35. The van der Waals surface area contributed by atoms with Crippen LogP contribution in [0.25, 0.3) is 11.4 Å². The normalized spacial score (nSPS) is 17.5. The number of aromatic nitrogens is 2. The lowest BCUT2D eigenvalue weighted by atomic mass is 9.92. The molecular formula is C20H29ClN4O2. The van der Waals surface area contributed by atoms with Gasteiger partial charge in [-0.25, -0.2) is 0 Å². The Hall–Kier alpha value is -1.92. The van der Waals surface area contributed by atoms with Crippen molar-refractivity contribution in [1.29, 1.82) is 0 Å². The van der Waals surface area contributed by atoms with E-state index in [1.54, 1.807) is 0 Å². The van der Waals surface area contributed by atoms with E-state index in [1.807, 2.05) is 29.2 Å². The zero-order chi connectivity index (χ0) is 18.7. The van der Waals surface area contributed by atoms with Crippen LogP contribution in [0.4, 0.5) is 0 Å². The van der Waals surface area contributed by atoms with E-state index < -0.39 is 0 Å². The number of hydrogen-bond acceptors (Lipinski definition) is 5. The number of likely N-dealkylation sites (tertiary alicyclic amines) is 1. The van der Waals surface area contributed by atoms with E-state index >= 15 is 0 Å². The maximum Gasteiger partial charge on any atom is 0.254 e. The molecule has 1 amide bonds. The van der Waals surface area contributed by atoms with Crippen molar-refractivity contribution < 1.29 is 9.32 Å². The van der Waals surface area contributed by atoms with E-state index in [4.69, 9.17) is 10.3 Å². The monoisotopic (exact) mass is 392 g/mol. The van der Waals surface area contributed by atoms with Crippen molar-refractivity contribution in [3.63, 3.8) is 0 Å². The fourth-order valence-electron chi connectivity index (χ4n) is 3.37. The summed E-state index contributed by atoms with van der Waals surface area (Å²) in [5, 5.41) is 4.08. The molecule has 1 unspecified atom stereocenters. The van der Waals surface area contributed by atoms with Crippen LogP contribution in [0.15, 0.2) is 28.8 Å². The third-order valence-corrected chi connectivity index (χ3v) is 4.68. The van der Waals surface area contributed by atoms with Gasteiger partial charge in [-0.15, -0.1) is 12.4 Å². The second-order valence-electron chi connectivity index (χ2n) is 8.21. The van der Waals surface area contributed by atoms with Gasteiger partial charge in [0.2, 0.25) is 11.7 Å². The lowest BCUT2D eigenvalue weighted by Crippen LogP contribution is -2.47. The second kappa shape index (κ2) is 8.85. The third kappa shape index (κ3) is 5.30. The first-order valence-electron chi connectivity index (χ1n) is 9.31. The Morgan fingerprint density at radius 3 is 2.81 bits per heavy atom. The lowest BCUT2D eigenvalue weighted by molar-refractivity contribution is 0.0623. The van der Waals surface area contributed by atoms with Gasteiger partial charge in [-0.3, -0.25) is 4.79 Å². The molecule has 3 rings (SSSR count). The van der Waals surface area contributed by atoms with Gasteiger partial charge in [-0.2, -0.15) is 4.98 Å². The van der Waals surface area contributed by atoms with Gasteiger partial charge in [0, 0.05) is 36.7 Å². The van der Waals surface area contributed by atoms with E-state index in [0.29, 0.717) is 30.2 Å². The molecule has 27 heavy (non-hydrogen) atoms. The maximum atomic E-state index is 13.0. The molecule has 0 spiro atoms. The highest BCUT2D eigenvalue weighted by Crippen LogP contribution is 2.24. The molecule has 1 aliphatic rings. The second-order valence-corrected chi connectivity index (χ2v) is 8.21. The quantitative estimate of drug-likeness (QED) is 0.857. The van der Waals surface area contributed by atoms with Crippen LogP contribution in [0, 0.1) is 5.41 Å². The highest BCUT2D eigenvalue weighted by Gasteiger charge is 2.26. The molecule has 1 aromatic carbocycles. The zero-order valence-corrected chi connectivity index (χ0v) is 17.1. The van der Waals surface area contributed by atoms with Gasteiger partial charge in [0.1, 0.15) is 0 Å². The minimum atomic E-state index is 0. The van der Waals surface area contributed by atoms with Crippen LogP contribution in [0.5, 0.6) is 0 Å². The fraction of sp³-hybridized carbons (Fsp3) is 0.550. The highest BCUT2D eigenvalue weighted by atomic mass is 35.5. The summed E-state index contributed by atoms with van der Waals surface area (Å²) in [5.41, 5.74) is 7.37. The van der Waals surface area contributed by atoms with Crippen LogP contribution >= 0.6 is 12.4 Å². The number of piperidine rings is 1. The Morgan fingerprint density at radius 2 is 2.11 bits per heavy atom. The first-order chi connectivity index (χ1) is 12.4. The van der Waals surface area contributed by atoms with Crippen LogP contribution in [0.1, 0.15) is 56.3 Å². The van der Waals surface area contributed by atoms with Gasteiger partial charge in [0.05, 0.1) is 0 Å². The molecule has 2 N–H and O–H groups in total. The molecule has 0 radical (unpaired) electrons. The Morgan fingerprint density at radius 1 is 1.33 bits per heavy atom. The molecule has 1 atom stereocenters. The van der Waals surface area contributed by atoms with Gasteiger partial charge in [0.15, 0.2) is 0 Å². The molecule has 0 saturated carbocycles. The summed E-state index contributed by atoms with van der Waals surface area (Å²) < 4.78 is 5.37. The van der Waals surface area contributed by atoms with Crippen molar-refractivity contribution in [3.8, 4) is 11.4 Å². The molecule has 1 aromatic heterocycles. The van der Waals surface area contributed by atoms with Crippen molar-refractivity contribution in [2.45, 2.75) is 52.5 Å². The first kappa shape index (κ1) is 21.4. The van der Waals surface area contributed by atoms with Gasteiger partial charge in [0.25, 0.3) is 5.91 Å². The van der Waals surface area contributed by atoms with Crippen molar-refractivity contribution in [3.05, 3.63) is 35.7 Å². The Bertz CT molecular complexity index is 769. The number of nitrogens with two attached hydrogens (primary N) is 1. The van der Waals surface area contributed by atoms with Gasteiger partial charge in [-0.05, 0) is 36.8 Å². The summed E-state index contributed by atoms with van der Waals surface area (Å²) in [6, 6.07) is 7.58. The van der Waals surface area contributed by atoms with E-state index in [-0.39, 0.29) is 29.8 Å². The summed E-state index contributed by atoms with van der Waals surface area (Å²) in [6.07, 6.45) is 3.85. The Balaban J connectivity index is 0.00000261. The number of amides is 1. The van der Waals surface area contributed by atoms with Crippen LogP contribution in [0.2, 0.25) is 0 Å². The standard InChI is InChI=1S/C20H28N4O2.ClH/c1-20(2,3)12-17-22-18(23-26-17)14-7-6-8-15(11-14)19(25)24-10-5-4-9-16(24)13-21;/h6-8,11,16H,4-5,9-10,12-13,21H2,1-3H3;1H. The SMILES string of the molecule is CC(C)(C)Cc1nc(-c2cccc(C(=O)N3CCCCC3CN)c2)no1.Cl. The van der Waals surface area contributed by atoms with Gasteiger partial charge >= 0.3 is 0 Å². The molecule has 7 heteroatoms. The van der Waals surface area contributed by atoms with Crippen molar-refractivity contribution in [1.82, 2.24) is 15.0 Å². The minimum Gasteiger partial charge on any atom is -0.339 e. The molecule has 0 bridgehead atoms. The molecule has 1 aliphatic heterocycles. The molecule has 6 nitrogen and oxygen atoms in total. The third-order valence-electron chi connectivity index (χ3n) is 4.68. The number of carbonyl (C=O) groups is 1. The summed E-state index contributed by atoms with van der Waals surface area (Å²) in [5.74, 6) is 1.16.